The van der Waals surface area contributed by atoms with E-state index in [9.17, 15) is 19.8 Å². The molecule has 0 radical (unpaired) electrons. The molecule has 0 bridgehead atoms. The van der Waals surface area contributed by atoms with Crippen LogP contribution in [0.4, 0.5) is 0 Å². The Morgan fingerprint density at radius 3 is 0.881 bits per heavy atom. The van der Waals surface area contributed by atoms with Gasteiger partial charge in [-0.15, -0.1) is 0 Å². The van der Waals surface area contributed by atoms with E-state index in [0.717, 1.165) is 44.5 Å². The maximum atomic E-state index is 11.4. The van der Waals surface area contributed by atoms with Crippen molar-refractivity contribution in [1.29, 1.82) is 0 Å². The molecule has 0 aliphatic carbocycles. The van der Waals surface area contributed by atoms with Gasteiger partial charge < -0.3 is 10.2 Å². The van der Waals surface area contributed by atoms with Crippen molar-refractivity contribution in [2.24, 2.45) is 0 Å². The maximum absolute atomic E-state index is 11.4. The lowest BCUT2D eigenvalue weighted by atomic mass is 9.85. The summed E-state index contributed by atoms with van der Waals surface area (Å²) in [6.07, 6.45) is 0.500. The Bertz CT molecular complexity index is 1600. The van der Waals surface area contributed by atoms with E-state index < -0.39 is 11.9 Å². The van der Waals surface area contributed by atoms with Crippen molar-refractivity contribution < 1.29 is 39.0 Å². The van der Waals surface area contributed by atoms with Crippen molar-refractivity contribution in [2.45, 2.75) is 0 Å². The maximum Gasteiger partial charge on any atom is 0.373 e. The van der Waals surface area contributed by atoms with Gasteiger partial charge in [-0.2, -0.15) is 19.2 Å². The third-order valence-electron chi connectivity index (χ3n) is 6.21. The summed E-state index contributed by atoms with van der Waals surface area (Å²) < 4.78 is 0. The monoisotopic (exact) mass is 558 g/mol. The van der Waals surface area contributed by atoms with Crippen LogP contribution in [-0.2, 0) is 19.2 Å². The molecule has 5 aromatic rings. The first-order valence-corrected chi connectivity index (χ1v) is 12.3. The lowest BCUT2D eigenvalue weighted by Gasteiger charge is -2.18. The number of carboxylic acid groups (broad SMARTS) is 2. The topological polar surface area (TPSA) is 143 Å². The van der Waals surface area contributed by atoms with Crippen molar-refractivity contribution in [3.63, 3.8) is 0 Å². The highest BCUT2D eigenvalue weighted by atomic mass is 16.4. The summed E-state index contributed by atoms with van der Waals surface area (Å²) in [5.41, 5.74) is 8.24. The Morgan fingerprint density at radius 2 is 0.643 bits per heavy atom. The average Bonchev–Trinajstić information content (AvgIpc) is 3.02. The largest absolute Gasteiger partial charge is 0.478 e. The molecule has 5 rings (SSSR count). The van der Waals surface area contributed by atoms with Crippen LogP contribution in [0.15, 0.2) is 121 Å². The molecule has 0 atom stereocenters. The summed E-state index contributed by atoms with van der Waals surface area (Å²) in [5, 5.41) is 18.7. The lowest BCUT2D eigenvalue weighted by Crippen LogP contribution is -1.97. The molecule has 0 fully saturated rings. The molecular formula is C34H22O8. The molecule has 206 valence electrons. The molecule has 5 aromatic carbocycles. The van der Waals surface area contributed by atoms with Crippen LogP contribution in [0.3, 0.4) is 0 Å². The van der Waals surface area contributed by atoms with Crippen LogP contribution < -0.4 is 0 Å². The van der Waals surface area contributed by atoms with Gasteiger partial charge in [-0.25, -0.2) is 9.59 Å². The molecule has 0 spiro atoms. The van der Waals surface area contributed by atoms with Crippen LogP contribution >= 0.6 is 0 Å². The second-order valence-corrected chi connectivity index (χ2v) is 8.61. The predicted molar refractivity (Wildman–Crippen MR) is 152 cm³/mol. The zero-order chi connectivity index (χ0) is 30.5. The summed E-state index contributed by atoms with van der Waals surface area (Å²) in [4.78, 5) is 55.3. The Morgan fingerprint density at radius 1 is 0.405 bits per heavy atom. The standard InChI is InChI=1S/C32H22O4.2CO2/c33-31(34)25-15-11-23(12-16-25)29-19-27(21-7-3-1-4-8-21)28(22-9-5-2-6-10-22)20-30(29)24-13-17-26(18-14-24)32(35)36;2*2-1-3/h1-20H,(H,33,34)(H,35,36);;. The summed E-state index contributed by atoms with van der Waals surface area (Å²) in [6, 6.07) is 38.2. The highest BCUT2D eigenvalue weighted by Gasteiger charge is 2.17. The van der Waals surface area contributed by atoms with E-state index in [4.69, 9.17) is 19.2 Å². The normalized spacial score (nSPS) is 9.52. The van der Waals surface area contributed by atoms with Crippen molar-refractivity contribution in [3.8, 4) is 44.5 Å². The second-order valence-electron chi connectivity index (χ2n) is 8.61. The zero-order valence-corrected chi connectivity index (χ0v) is 21.9. The second kappa shape index (κ2) is 14.8. The highest BCUT2D eigenvalue weighted by molar-refractivity contribution is 5.96. The van der Waals surface area contributed by atoms with Gasteiger partial charge in [-0.1, -0.05) is 84.9 Å². The van der Waals surface area contributed by atoms with Crippen molar-refractivity contribution >= 4 is 24.2 Å². The number of carbonyl (C=O) groups excluding carboxylic acids is 4. The van der Waals surface area contributed by atoms with E-state index in [2.05, 4.69) is 36.4 Å². The van der Waals surface area contributed by atoms with Crippen LogP contribution in [0.25, 0.3) is 44.5 Å². The van der Waals surface area contributed by atoms with Crippen LogP contribution in [0.5, 0.6) is 0 Å². The molecule has 0 saturated heterocycles. The van der Waals surface area contributed by atoms with Crippen LogP contribution in [0, 0.1) is 0 Å². The van der Waals surface area contributed by atoms with E-state index in [0.29, 0.717) is 0 Å². The highest BCUT2D eigenvalue weighted by Crippen LogP contribution is 2.42. The molecule has 0 aromatic heterocycles. The Hall–Kier alpha value is -6.20. The van der Waals surface area contributed by atoms with E-state index in [1.165, 1.54) is 0 Å². The molecule has 0 heterocycles. The summed E-state index contributed by atoms with van der Waals surface area (Å²) in [7, 11) is 0. The van der Waals surface area contributed by atoms with Crippen molar-refractivity contribution in [3.05, 3.63) is 132 Å². The van der Waals surface area contributed by atoms with Gasteiger partial charge in [0.05, 0.1) is 11.1 Å². The molecule has 2 N–H and O–H groups in total. The molecule has 8 heteroatoms. The third kappa shape index (κ3) is 7.46. The summed E-state index contributed by atoms with van der Waals surface area (Å²) >= 11 is 0. The van der Waals surface area contributed by atoms with Gasteiger partial charge >= 0.3 is 24.2 Å². The van der Waals surface area contributed by atoms with Gasteiger partial charge in [0.1, 0.15) is 0 Å². The minimum Gasteiger partial charge on any atom is -0.478 e. The predicted octanol–water partition coefficient (Wildman–Crippen LogP) is 6.58. The third-order valence-corrected chi connectivity index (χ3v) is 6.21. The number of benzene rings is 5. The molecular weight excluding hydrogens is 536 g/mol. The minimum absolute atomic E-state index is 0.218. The van der Waals surface area contributed by atoms with Crippen LogP contribution in [0.2, 0.25) is 0 Å². The smallest absolute Gasteiger partial charge is 0.373 e. The van der Waals surface area contributed by atoms with Crippen molar-refractivity contribution in [2.75, 3.05) is 0 Å². The number of hydrogen-bond acceptors (Lipinski definition) is 6. The quantitative estimate of drug-likeness (QED) is 0.238. The van der Waals surface area contributed by atoms with E-state index in [-0.39, 0.29) is 23.4 Å². The van der Waals surface area contributed by atoms with Crippen LogP contribution in [-0.4, -0.2) is 34.5 Å². The van der Waals surface area contributed by atoms with Gasteiger partial charge in [0, 0.05) is 0 Å². The van der Waals surface area contributed by atoms with E-state index >= 15 is 0 Å². The molecule has 8 nitrogen and oxygen atoms in total. The van der Waals surface area contributed by atoms with E-state index in [1.807, 2.05) is 60.7 Å². The first-order chi connectivity index (χ1) is 20.3. The molecule has 0 unspecified atom stereocenters. The fourth-order valence-electron chi connectivity index (χ4n) is 4.38. The first kappa shape index (κ1) is 30.3. The number of hydrogen-bond donors (Lipinski definition) is 2. The minimum atomic E-state index is -0.976. The lowest BCUT2D eigenvalue weighted by molar-refractivity contribution is -0.193. The number of aromatic carboxylic acids is 2. The molecule has 42 heavy (non-hydrogen) atoms. The van der Waals surface area contributed by atoms with Gasteiger partial charge in [0.15, 0.2) is 0 Å². The molecule has 0 amide bonds. The Labute approximate surface area is 240 Å². The Kier molecular flexibility index (Phi) is 10.7. The summed E-state index contributed by atoms with van der Waals surface area (Å²) in [6.45, 7) is 0. The average molecular weight is 559 g/mol. The van der Waals surface area contributed by atoms with Crippen LogP contribution in [0.1, 0.15) is 20.7 Å². The number of carboxylic acids is 2. The number of rotatable bonds is 6. The van der Waals surface area contributed by atoms with Crippen molar-refractivity contribution in [1.82, 2.24) is 0 Å². The SMILES string of the molecule is O=C(O)c1ccc(-c2cc(-c3ccccc3)c(-c3ccccc3)cc2-c2ccc(C(=O)O)cc2)cc1.O=C=O.O=C=O. The summed E-state index contributed by atoms with van der Waals surface area (Å²) in [5.74, 6) is -1.95. The van der Waals surface area contributed by atoms with Gasteiger partial charge in [-0.3, -0.25) is 0 Å². The molecule has 0 saturated carbocycles. The fourth-order valence-corrected chi connectivity index (χ4v) is 4.38. The molecule has 0 aliphatic rings. The van der Waals surface area contributed by atoms with Gasteiger partial charge in [-0.05, 0) is 80.9 Å². The van der Waals surface area contributed by atoms with Gasteiger partial charge in [0.2, 0.25) is 0 Å². The van der Waals surface area contributed by atoms with Gasteiger partial charge in [0.25, 0.3) is 0 Å². The van der Waals surface area contributed by atoms with E-state index in [1.54, 1.807) is 24.3 Å². The first-order valence-electron chi connectivity index (χ1n) is 12.3. The Balaban J connectivity index is 0.000000745. The fraction of sp³-hybridized carbons (Fsp3) is 0. The molecule has 0 aliphatic heterocycles. The number of carbonyl (C=O) groups is 2. The zero-order valence-electron chi connectivity index (χ0n) is 21.9.